The van der Waals surface area contributed by atoms with E-state index in [1.807, 2.05) is 12.3 Å². The van der Waals surface area contributed by atoms with Gasteiger partial charge in [-0.05, 0) is 36.6 Å². The predicted octanol–water partition coefficient (Wildman–Crippen LogP) is 2.30. The van der Waals surface area contributed by atoms with E-state index in [0.29, 0.717) is 5.92 Å². The molecule has 0 bridgehead atoms. The molecule has 1 atom stereocenters. The molecule has 0 saturated heterocycles. The zero-order valence-corrected chi connectivity index (χ0v) is 7.33. The third-order valence-electron chi connectivity index (χ3n) is 1.98. The fourth-order valence-electron chi connectivity index (χ4n) is 1.14. The minimum absolute atomic E-state index is 0.370. The molecule has 1 unspecified atom stereocenters. The summed E-state index contributed by atoms with van der Waals surface area (Å²) < 4.78 is 0. The van der Waals surface area contributed by atoms with Crippen molar-refractivity contribution < 1.29 is 0 Å². The van der Waals surface area contributed by atoms with Crippen LogP contribution in [0.3, 0.4) is 0 Å². The van der Waals surface area contributed by atoms with Crippen molar-refractivity contribution in [3.8, 4) is 0 Å². The van der Waals surface area contributed by atoms with Gasteiger partial charge in [0.15, 0.2) is 0 Å². The average molecular weight is 162 g/mol. The summed E-state index contributed by atoms with van der Waals surface area (Å²) in [6.45, 7) is 2.10. The molecule has 0 aromatic carbocycles. The maximum absolute atomic E-state index is 7.16. The van der Waals surface area contributed by atoms with Crippen molar-refractivity contribution in [1.29, 1.82) is 5.41 Å². The molecule has 64 valence electrons. The average Bonchev–Trinajstić information content (AvgIpc) is 2.16. The first-order valence-corrected chi connectivity index (χ1v) is 4.26. The molecule has 1 N–H and O–H groups in total. The van der Waals surface area contributed by atoms with Crippen LogP contribution in [-0.4, -0.2) is 11.2 Å². The zero-order chi connectivity index (χ0) is 8.81. The minimum Gasteiger partial charge on any atom is -0.313 e. The van der Waals surface area contributed by atoms with Crippen molar-refractivity contribution in [1.82, 2.24) is 4.98 Å². The molecular weight excluding hydrogens is 148 g/mol. The standard InChI is InChI=1S/C10H14N2/c1-2-9(7-11)6-10-4-3-5-12-8-10/h3-5,7-9,11H,2,6H2,1H3. The first-order chi connectivity index (χ1) is 5.86. The molecule has 2 nitrogen and oxygen atoms in total. The summed E-state index contributed by atoms with van der Waals surface area (Å²) >= 11 is 0. The van der Waals surface area contributed by atoms with Crippen molar-refractivity contribution in [3.05, 3.63) is 30.1 Å². The molecule has 1 aromatic rings. The van der Waals surface area contributed by atoms with Crippen LogP contribution in [0.1, 0.15) is 18.9 Å². The lowest BCUT2D eigenvalue weighted by molar-refractivity contribution is 0.671. The number of hydrogen-bond acceptors (Lipinski definition) is 2. The Kier molecular flexibility index (Phi) is 3.45. The van der Waals surface area contributed by atoms with Crippen LogP contribution in [0.2, 0.25) is 0 Å². The fraction of sp³-hybridized carbons (Fsp3) is 0.400. The van der Waals surface area contributed by atoms with Gasteiger partial charge in [0.1, 0.15) is 0 Å². The SMILES string of the molecule is CCC(C=N)Cc1cccnc1. The summed E-state index contributed by atoms with van der Waals surface area (Å²) in [7, 11) is 0. The fourth-order valence-corrected chi connectivity index (χ4v) is 1.14. The molecule has 0 spiro atoms. The van der Waals surface area contributed by atoms with Gasteiger partial charge in [0, 0.05) is 12.4 Å². The molecule has 1 aromatic heterocycles. The number of nitrogens with zero attached hydrogens (tertiary/aromatic N) is 1. The van der Waals surface area contributed by atoms with Crippen molar-refractivity contribution >= 4 is 6.21 Å². The Morgan fingerprint density at radius 3 is 3.00 bits per heavy atom. The van der Waals surface area contributed by atoms with Crippen LogP contribution in [0.25, 0.3) is 0 Å². The summed E-state index contributed by atoms with van der Waals surface area (Å²) in [5, 5.41) is 7.16. The van der Waals surface area contributed by atoms with E-state index in [2.05, 4.69) is 18.0 Å². The van der Waals surface area contributed by atoms with Gasteiger partial charge in [0.25, 0.3) is 0 Å². The topological polar surface area (TPSA) is 36.7 Å². The van der Waals surface area contributed by atoms with Crippen molar-refractivity contribution in [2.75, 3.05) is 0 Å². The van der Waals surface area contributed by atoms with Gasteiger partial charge < -0.3 is 5.41 Å². The number of hydrogen-bond donors (Lipinski definition) is 1. The summed E-state index contributed by atoms with van der Waals surface area (Å²) in [4.78, 5) is 4.03. The van der Waals surface area contributed by atoms with Crippen molar-refractivity contribution in [3.63, 3.8) is 0 Å². The number of aromatic nitrogens is 1. The monoisotopic (exact) mass is 162 g/mol. The molecular formula is C10H14N2. The predicted molar refractivity (Wildman–Crippen MR) is 50.5 cm³/mol. The van der Waals surface area contributed by atoms with Gasteiger partial charge in [-0.2, -0.15) is 0 Å². The number of rotatable bonds is 4. The van der Waals surface area contributed by atoms with Crippen molar-refractivity contribution in [2.24, 2.45) is 5.92 Å². The van der Waals surface area contributed by atoms with Gasteiger partial charge >= 0.3 is 0 Å². The highest BCUT2D eigenvalue weighted by atomic mass is 14.6. The number of nitrogens with one attached hydrogen (secondary N) is 1. The lowest BCUT2D eigenvalue weighted by Crippen LogP contribution is -2.03. The van der Waals surface area contributed by atoms with Crippen LogP contribution >= 0.6 is 0 Å². The van der Waals surface area contributed by atoms with E-state index in [4.69, 9.17) is 5.41 Å². The molecule has 0 radical (unpaired) electrons. The normalized spacial score (nSPS) is 12.4. The Hall–Kier alpha value is -1.18. The second-order valence-electron chi connectivity index (χ2n) is 2.90. The molecule has 12 heavy (non-hydrogen) atoms. The van der Waals surface area contributed by atoms with E-state index in [9.17, 15) is 0 Å². The smallest absolute Gasteiger partial charge is 0.0300 e. The van der Waals surface area contributed by atoms with Crippen LogP contribution in [0.4, 0.5) is 0 Å². The Morgan fingerprint density at radius 2 is 2.50 bits per heavy atom. The van der Waals surface area contributed by atoms with Crippen LogP contribution in [0.5, 0.6) is 0 Å². The quantitative estimate of drug-likeness (QED) is 0.677. The maximum Gasteiger partial charge on any atom is 0.0300 e. The Morgan fingerprint density at radius 1 is 1.67 bits per heavy atom. The molecule has 0 aliphatic heterocycles. The summed E-state index contributed by atoms with van der Waals surface area (Å²) in [6.07, 6.45) is 7.13. The van der Waals surface area contributed by atoms with E-state index in [1.165, 1.54) is 11.8 Å². The largest absolute Gasteiger partial charge is 0.313 e. The first kappa shape index (κ1) is 8.91. The highest BCUT2D eigenvalue weighted by Gasteiger charge is 2.02. The maximum atomic E-state index is 7.16. The Labute approximate surface area is 73.2 Å². The minimum atomic E-state index is 0.370. The second-order valence-corrected chi connectivity index (χ2v) is 2.90. The zero-order valence-electron chi connectivity index (χ0n) is 7.33. The molecule has 0 aliphatic rings. The van der Waals surface area contributed by atoms with Crippen LogP contribution < -0.4 is 0 Å². The molecule has 0 fully saturated rings. The van der Waals surface area contributed by atoms with Gasteiger partial charge in [-0.15, -0.1) is 0 Å². The molecule has 0 aliphatic carbocycles. The highest BCUT2D eigenvalue weighted by molar-refractivity contribution is 5.57. The molecule has 0 saturated carbocycles. The van der Waals surface area contributed by atoms with Gasteiger partial charge in [-0.1, -0.05) is 13.0 Å². The molecule has 1 rings (SSSR count). The summed E-state index contributed by atoms with van der Waals surface area (Å²) in [5.41, 5.74) is 1.22. The lowest BCUT2D eigenvalue weighted by Gasteiger charge is -2.06. The molecule has 2 heteroatoms. The number of pyridine rings is 1. The summed E-state index contributed by atoms with van der Waals surface area (Å²) in [6, 6.07) is 3.99. The van der Waals surface area contributed by atoms with E-state index in [-0.39, 0.29) is 0 Å². The Balaban J connectivity index is 2.56. The van der Waals surface area contributed by atoms with Gasteiger partial charge in [0.2, 0.25) is 0 Å². The van der Waals surface area contributed by atoms with E-state index >= 15 is 0 Å². The van der Waals surface area contributed by atoms with Crippen LogP contribution in [-0.2, 0) is 6.42 Å². The molecule has 1 heterocycles. The Bertz CT molecular complexity index is 231. The second kappa shape index (κ2) is 4.65. The molecule has 0 amide bonds. The lowest BCUT2D eigenvalue weighted by atomic mass is 9.99. The third kappa shape index (κ3) is 2.46. The van der Waals surface area contributed by atoms with Crippen LogP contribution in [0.15, 0.2) is 24.5 Å². The van der Waals surface area contributed by atoms with E-state index in [1.54, 1.807) is 6.20 Å². The van der Waals surface area contributed by atoms with E-state index < -0.39 is 0 Å². The summed E-state index contributed by atoms with van der Waals surface area (Å²) in [5.74, 6) is 0.370. The van der Waals surface area contributed by atoms with Crippen molar-refractivity contribution in [2.45, 2.75) is 19.8 Å². The van der Waals surface area contributed by atoms with E-state index in [0.717, 1.165) is 12.8 Å². The van der Waals surface area contributed by atoms with Crippen LogP contribution in [0, 0.1) is 11.3 Å². The van der Waals surface area contributed by atoms with Gasteiger partial charge in [0.05, 0.1) is 0 Å². The van der Waals surface area contributed by atoms with Gasteiger partial charge in [-0.3, -0.25) is 4.98 Å². The first-order valence-electron chi connectivity index (χ1n) is 4.26. The third-order valence-corrected chi connectivity index (χ3v) is 1.98. The van der Waals surface area contributed by atoms with Gasteiger partial charge in [-0.25, -0.2) is 0 Å². The highest BCUT2D eigenvalue weighted by Crippen LogP contribution is 2.08.